The Morgan fingerprint density at radius 3 is 1.94 bits per heavy atom. The zero-order chi connectivity index (χ0) is 12.8. The minimum atomic E-state index is -0.461. The van der Waals surface area contributed by atoms with Crippen molar-refractivity contribution in [2.24, 2.45) is 0 Å². The van der Waals surface area contributed by atoms with Crippen molar-refractivity contribution >= 4 is 0 Å². The van der Waals surface area contributed by atoms with Gasteiger partial charge in [0.25, 0.3) is 0 Å². The second-order valence-electron chi connectivity index (χ2n) is 4.47. The molecule has 0 spiro atoms. The number of aliphatic hydroxyl groups excluding tert-OH is 1. The van der Waals surface area contributed by atoms with Crippen LogP contribution in [0, 0.1) is 0 Å². The minimum absolute atomic E-state index is 0.240. The van der Waals surface area contributed by atoms with Gasteiger partial charge in [-0.25, -0.2) is 0 Å². The third-order valence-electron chi connectivity index (χ3n) is 3.10. The van der Waals surface area contributed by atoms with Crippen LogP contribution in [0.1, 0.15) is 30.2 Å². The Bertz CT molecular complexity index is 410. The molecule has 2 heteroatoms. The van der Waals surface area contributed by atoms with Crippen LogP contribution in [-0.4, -0.2) is 11.7 Å². The molecule has 0 aliphatic carbocycles. The van der Waals surface area contributed by atoms with Crippen molar-refractivity contribution in [3.05, 3.63) is 71.8 Å². The van der Waals surface area contributed by atoms with E-state index in [0.717, 1.165) is 5.56 Å². The summed E-state index contributed by atoms with van der Waals surface area (Å²) in [4.78, 5) is 0. The lowest BCUT2D eigenvalue weighted by atomic mass is 10.1. The fraction of sp³-hybridized carbons (Fsp3) is 0.250. The van der Waals surface area contributed by atoms with Crippen LogP contribution in [0.15, 0.2) is 60.7 Å². The Morgan fingerprint density at radius 1 is 0.889 bits per heavy atom. The van der Waals surface area contributed by atoms with Gasteiger partial charge in [-0.2, -0.15) is 0 Å². The highest BCUT2D eigenvalue weighted by atomic mass is 16.3. The Morgan fingerprint density at radius 2 is 1.39 bits per heavy atom. The molecule has 2 N–H and O–H groups in total. The molecule has 0 fully saturated rings. The maximum absolute atomic E-state index is 10.1. The van der Waals surface area contributed by atoms with Crippen molar-refractivity contribution in [2.75, 3.05) is 6.54 Å². The van der Waals surface area contributed by atoms with E-state index in [-0.39, 0.29) is 6.04 Å². The van der Waals surface area contributed by atoms with Crippen molar-refractivity contribution in [3.8, 4) is 0 Å². The Kier molecular flexibility index (Phi) is 4.51. The summed E-state index contributed by atoms with van der Waals surface area (Å²) in [6, 6.07) is 20.2. The average molecular weight is 241 g/mol. The zero-order valence-corrected chi connectivity index (χ0v) is 10.6. The molecule has 2 aromatic rings. The highest BCUT2D eigenvalue weighted by molar-refractivity contribution is 5.19. The monoisotopic (exact) mass is 241 g/mol. The van der Waals surface area contributed by atoms with E-state index < -0.39 is 6.10 Å². The van der Waals surface area contributed by atoms with Gasteiger partial charge in [0.05, 0.1) is 6.10 Å². The first-order valence-corrected chi connectivity index (χ1v) is 6.28. The number of rotatable bonds is 5. The molecule has 2 aromatic carbocycles. The van der Waals surface area contributed by atoms with Gasteiger partial charge in [0.2, 0.25) is 0 Å². The third kappa shape index (κ3) is 3.42. The summed E-state index contributed by atoms with van der Waals surface area (Å²) in [5.41, 5.74) is 2.18. The zero-order valence-electron chi connectivity index (χ0n) is 10.6. The van der Waals surface area contributed by atoms with Crippen molar-refractivity contribution in [3.63, 3.8) is 0 Å². The van der Waals surface area contributed by atoms with Gasteiger partial charge >= 0.3 is 0 Å². The van der Waals surface area contributed by atoms with E-state index in [4.69, 9.17) is 0 Å². The van der Waals surface area contributed by atoms with E-state index in [1.165, 1.54) is 5.56 Å². The van der Waals surface area contributed by atoms with Gasteiger partial charge in [-0.3, -0.25) is 0 Å². The molecule has 2 nitrogen and oxygen atoms in total. The second kappa shape index (κ2) is 6.34. The first kappa shape index (κ1) is 12.8. The maximum Gasteiger partial charge on any atom is 0.0914 e. The van der Waals surface area contributed by atoms with Crippen LogP contribution >= 0.6 is 0 Å². The molecule has 0 aliphatic heterocycles. The van der Waals surface area contributed by atoms with E-state index in [9.17, 15) is 5.11 Å². The molecule has 0 radical (unpaired) electrons. The molecule has 1 unspecified atom stereocenters. The quantitative estimate of drug-likeness (QED) is 0.843. The van der Waals surface area contributed by atoms with Crippen molar-refractivity contribution in [1.82, 2.24) is 5.32 Å². The number of hydrogen-bond donors (Lipinski definition) is 2. The molecule has 0 heterocycles. The van der Waals surface area contributed by atoms with Crippen LogP contribution in [0.3, 0.4) is 0 Å². The number of aliphatic hydroxyl groups is 1. The average Bonchev–Trinajstić information content (AvgIpc) is 2.46. The van der Waals surface area contributed by atoms with E-state index in [1.54, 1.807) is 0 Å². The molecular formula is C16H19NO. The molecule has 0 saturated heterocycles. The highest BCUT2D eigenvalue weighted by Crippen LogP contribution is 2.15. The number of benzene rings is 2. The van der Waals surface area contributed by atoms with Gasteiger partial charge in [0.15, 0.2) is 0 Å². The Hall–Kier alpha value is -1.64. The third-order valence-corrected chi connectivity index (χ3v) is 3.10. The molecule has 0 aliphatic rings. The van der Waals surface area contributed by atoms with Crippen molar-refractivity contribution < 1.29 is 5.11 Å². The Balaban J connectivity index is 1.89. The molecule has 2 atom stereocenters. The topological polar surface area (TPSA) is 32.3 Å². The second-order valence-corrected chi connectivity index (χ2v) is 4.47. The standard InChI is InChI=1S/C16H19NO/c1-13(14-8-4-2-5-9-14)17-12-16(18)15-10-6-3-7-11-15/h2-11,13,16-18H,12H2,1H3/t13?,16-/m1/s1. The number of hydrogen-bond acceptors (Lipinski definition) is 2. The summed E-state index contributed by atoms with van der Waals surface area (Å²) in [5.74, 6) is 0. The lowest BCUT2D eigenvalue weighted by Crippen LogP contribution is -2.24. The molecular weight excluding hydrogens is 222 g/mol. The first-order chi connectivity index (χ1) is 8.77. The van der Waals surface area contributed by atoms with Crippen LogP contribution in [0.25, 0.3) is 0 Å². The van der Waals surface area contributed by atoms with Crippen molar-refractivity contribution in [1.29, 1.82) is 0 Å². The van der Waals surface area contributed by atoms with Gasteiger partial charge in [0, 0.05) is 12.6 Å². The summed E-state index contributed by atoms with van der Waals surface area (Å²) in [5, 5.41) is 13.4. The summed E-state index contributed by atoms with van der Waals surface area (Å²) in [6.45, 7) is 2.66. The summed E-state index contributed by atoms with van der Waals surface area (Å²) < 4.78 is 0. The molecule has 0 bridgehead atoms. The predicted molar refractivity (Wildman–Crippen MR) is 74.3 cm³/mol. The van der Waals surface area contributed by atoms with Crippen LogP contribution in [0.2, 0.25) is 0 Å². The number of nitrogens with one attached hydrogen (secondary N) is 1. The van der Waals surface area contributed by atoms with Gasteiger partial charge in [-0.05, 0) is 18.1 Å². The smallest absolute Gasteiger partial charge is 0.0914 e. The van der Waals surface area contributed by atoms with E-state index >= 15 is 0 Å². The molecule has 0 saturated carbocycles. The van der Waals surface area contributed by atoms with E-state index in [1.807, 2.05) is 48.5 Å². The van der Waals surface area contributed by atoms with Crippen LogP contribution in [-0.2, 0) is 0 Å². The van der Waals surface area contributed by atoms with Crippen molar-refractivity contribution in [2.45, 2.75) is 19.1 Å². The molecule has 18 heavy (non-hydrogen) atoms. The predicted octanol–water partition coefficient (Wildman–Crippen LogP) is 3.07. The Labute approximate surface area is 108 Å². The maximum atomic E-state index is 10.1. The summed E-state index contributed by atoms with van der Waals surface area (Å²) in [6.07, 6.45) is -0.461. The minimum Gasteiger partial charge on any atom is -0.387 e. The SMILES string of the molecule is CC(NC[C@@H](O)c1ccccc1)c1ccccc1. The van der Waals surface area contributed by atoms with Gasteiger partial charge in [-0.15, -0.1) is 0 Å². The fourth-order valence-corrected chi connectivity index (χ4v) is 1.94. The van der Waals surface area contributed by atoms with E-state index in [2.05, 4.69) is 24.4 Å². The lowest BCUT2D eigenvalue weighted by Gasteiger charge is -2.17. The van der Waals surface area contributed by atoms with Gasteiger partial charge in [0.1, 0.15) is 0 Å². The lowest BCUT2D eigenvalue weighted by molar-refractivity contribution is 0.171. The van der Waals surface area contributed by atoms with Crippen LogP contribution < -0.4 is 5.32 Å². The van der Waals surface area contributed by atoms with Gasteiger partial charge in [-0.1, -0.05) is 60.7 Å². The molecule has 2 rings (SSSR count). The normalized spacial score (nSPS) is 14.1. The van der Waals surface area contributed by atoms with Crippen LogP contribution in [0.4, 0.5) is 0 Å². The first-order valence-electron chi connectivity index (χ1n) is 6.28. The van der Waals surface area contributed by atoms with E-state index in [0.29, 0.717) is 6.54 Å². The largest absolute Gasteiger partial charge is 0.387 e. The fourth-order valence-electron chi connectivity index (χ4n) is 1.94. The van der Waals surface area contributed by atoms with Crippen LogP contribution in [0.5, 0.6) is 0 Å². The summed E-state index contributed by atoms with van der Waals surface area (Å²) >= 11 is 0. The summed E-state index contributed by atoms with van der Waals surface area (Å²) in [7, 11) is 0. The van der Waals surface area contributed by atoms with Gasteiger partial charge < -0.3 is 10.4 Å². The highest BCUT2D eigenvalue weighted by Gasteiger charge is 2.09. The molecule has 0 aromatic heterocycles. The molecule has 94 valence electrons. The molecule has 0 amide bonds.